The summed E-state index contributed by atoms with van der Waals surface area (Å²) < 4.78 is 14.2. The molecule has 0 fully saturated rings. The molecular weight excluding hydrogens is 287 g/mol. The monoisotopic (exact) mass is 300 g/mol. The zero-order valence-corrected chi connectivity index (χ0v) is 12.2. The van der Waals surface area contributed by atoms with Gasteiger partial charge in [-0.15, -0.1) is 0 Å². The maximum atomic E-state index is 14.2. The van der Waals surface area contributed by atoms with E-state index in [1.807, 2.05) is 30.3 Å². The molecule has 1 atom stereocenters. The fourth-order valence-corrected chi connectivity index (χ4v) is 2.89. The Kier molecular flexibility index (Phi) is 3.86. The maximum absolute atomic E-state index is 14.2. The fraction of sp³-hybridized carbons (Fsp3) is 0.118. The van der Waals surface area contributed by atoms with Crippen LogP contribution in [0.2, 0.25) is 5.02 Å². The summed E-state index contributed by atoms with van der Waals surface area (Å²) in [4.78, 5) is 4.34. The minimum absolute atomic E-state index is 0.317. The number of pyridine rings is 1. The van der Waals surface area contributed by atoms with Crippen molar-refractivity contribution in [2.75, 3.05) is 7.05 Å². The Morgan fingerprint density at radius 2 is 1.90 bits per heavy atom. The van der Waals surface area contributed by atoms with E-state index in [9.17, 15) is 4.39 Å². The molecule has 2 aromatic carbocycles. The number of fused-ring (bicyclic) bond motifs is 1. The van der Waals surface area contributed by atoms with E-state index < -0.39 is 0 Å². The number of halogens is 2. The van der Waals surface area contributed by atoms with Gasteiger partial charge in [-0.3, -0.25) is 4.98 Å². The molecule has 21 heavy (non-hydrogen) atoms. The Morgan fingerprint density at radius 1 is 1.10 bits per heavy atom. The summed E-state index contributed by atoms with van der Waals surface area (Å²) in [5.41, 5.74) is 2.29. The minimum atomic E-state index is -0.327. The molecule has 1 aromatic heterocycles. The quantitative estimate of drug-likeness (QED) is 0.778. The second kappa shape index (κ2) is 5.80. The summed E-state index contributed by atoms with van der Waals surface area (Å²) in [7, 11) is 1.79. The van der Waals surface area contributed by atoms with Gasteiger partial charge in [0, 0.05) is 22.2 Å². The van der Waals surface area contributed by atoms with Crippen LogP contribution < -0.4 is 5.32 Å². The third-order valence-electron chi connectivity index (χ3n) is 3.57. The van der Waals surface area contributed by atoms with Gasteiger partial charge in [-0.2, -0.15) is 0 Å². The lowest BCUT2D eigenvalue weighted by atomic mass is 9.95. The number of benzene rings is 2. The molecule has 2 nitrogen and oxygen atoms in total. The van der Waals surface area contributed by atoms with Gasteiger partial charge in [0.05, 0.1) is 11.6 Å². The molecule has 3 aromatic rings. The van der Waals surface area contributed by atoms with Crippen molar-refractivity contribution in [2.24, 2.45) is 0 Å². The highest BCUT2D eigenvalue weighted by Crippen LogP contribution is 2.33. The fourth-order valence-electron chi connectivity index (χ4n) is 2.62. The molecule has 0 bridgehead atoms. The standard InChI is InChI=1S/C17H14ClFN2/c1-20-17(16-13(18)7-3-8-14(16)19)12-5-2-9-15-11(12)6-4-10-21-15/h2-10,17,20H,1H3. The number of aromatic nitrogens is 1. The number of rotatable bonds is 3. The summed E-state index contributed by atoms with van der Waals surface area (Å²) in [6, 6.07) is 14.1. The molecule has 4 heteroatoms. The Hall–Kier alpha value is -1.97. The Labute approximate surface area is 127 Å². The van der Waals surface area contributed by atoms with Crippen LogP contribution in [0.4, 0.5) is 4.39 Å². The minimum Gasteiger partial charge on any atom is -0.309 e. The average molecular weight is 301 g/mol. The van der Waals surface area contributed by atoms with Gasteiger partial charge < -0.3 is 5.32 Å². The van der Waals surface area contributed by atoms with E-state index in [1.54, 1.807) is 25.4 Å². The first-order valence-corrected chi connectivity index (χ1v) is 7.05. The first-order chi connectivity index (χ1) is 10.2. The van der Waals surface area contributed by atoms with Gasteiger partial charge >= 0.3 is 0 Å². The lowest BCUT2D eigenvalue weighted by Gasteiger charge is -2.20. The van der Waals surface area contributed by atoms with Crippen molar-refractivity contribution in [1.29, 1.82) is 0 Å². The van der Waals surface area contributed by atoms with Crippen LogP contribution in [0.25, 0.3) is 10.9 Å². The van der Waals surface area contributed by atoms with Crippen LogP contribution >= 0.6 is 11.6 Å². The molecule has 0 aliphatic heterocycles. The summed E-state index contributed by atoms with van der Waals surface area (Å²) in [5.74, 6) is -0.317. The average Bonchev–Trinajstić information content (AvgIpc) is 2.51. The number of hydrogen-bond donors (Lipinski definition) is 1. The largest absolute Gasteiger partial charge is 0.309 e. The molecule has 0 aliphatic carbocycles. The second-order valence-corrected chi connectivity index (χ2v) is 5.18. The first-order valence-electron chi connectivity index (χ1n) is 6.67. The Bertz CT molecular complexity index is 763. The van der Waals surface area contributed by atoms with E-state index >= 15 is 0 Å². The lowest BCUT2D eigenvalue weighted by Crippen LogP contribution is -2.19. The van der Waals surface area contributed by atoms with E-state index in [0.29, 0.717) is 10.6 Å². The SMILES string of the molecule is CNC(c1c(F)cccc1Cl)c1cccc2ncccc12. The van der Waals surface area contributed by atoms with Crippen molar-refractivity contribution in [3.8, 4) is 0 Å². The summed E-state index contributed by atoms with van der Waals surface area (Å²) in [6.45, 7) is 0. The molecule has 0 amide bonds. The van der Waals surface area contributed by atoms with Crippen molar-refractivity contribution in [1.82, 2.24) is 10.3 Å². The highest BCUT2D eigenvalue weighted by Gasteiger charge is 2.21. The van der Waals surface area contributed by atoms with Gasteiger partial charge in [0.1, 0.15) is 5.82 Å². The zero-order chi connectivity index (χ0) is 14.8. The molecular formula is C17H14ClFN2. The molecule has 1 heterocycles. The van der Waals surface area contributed by atoms with Crippen molar-refractivity contribution in [3.05, 3.63) is 76.7 Å². The smallest absolute Gasteiger partial charge is 0.129 e. The zero-order valence-electron chi connectivity index (χ0n) is 11.5. The van der Waals surface area contributed by atoms with Gasteiger partial charge in [-0.25, -0.2) is 4.39 Å². The first kappa shape index (κ1) is 14.0. The van der Waals surface area contributed by atoms with Crippen LogP contribution in [-0.4, -0.2) is 12.0 Å². The normalized spacial score (nSPS) is 12.5. The topological polar surface area (TPSA) is 24.9 Å². The second-order valence-electron chi connectivity index (χ2n) is 4.77. The van der Waals surface area contributed by atoms with Gasteiger partial charge in [0.25, 0.3) is 0 Å². The van der Waals surface area contributed by atoms with Crippen LogP contribution in [0.3, 0.4) is 0 Å². The molecule has 3 rings (SSSR count). The van der Waals surface area contributed by atoms with E-state index in [4.69, 9.17) is 11.6 Å². The predicted octanol–water partition coefficient (Wildman–Crippen LogP) is 4.34. The number of hydrogen-bond acceptors (Lipinski definition) is 2. The van der Waals surface area contributed by atoms with Crippen molar-refractivity contribution < 1.29 is 4.39 Å². The summed E-state index contributed by atoms with van der Waals surface area (Å²) in [5, 5.41) is 4.55. The van der Waals surface area contributed by atoms with E-state index in [-0.39, 0.29) is 11.9 Å². The lowest BCUT2D eigenvalue weighted by molar-refractivity contribution is 0.578. The third kappa shape index (κ3) is 2.50. The van der Waals surface area contributed by atoms with Gasteiger partial charge in [-0.1, -0.05) is 35.9 Å². The number of nitrogens with zero attached hydrogens (tertiary/aromatic N) is 1. The molecule has 0 saturated carbocycles. The van der Waals surface area contributed by atoms with Gasteiger partial charge in [-0.05, 0) is 36.9 Å². The molecule has 0 radical (unpaired) electrons. The molecule has 1 unspecified atom stereocenters. The van der Waals surface area contributed by atoms with Crippen LogP contribution in [-0.2, 0) is 0 Å². The molecule has 0 spiro atoms. The van der Waals surface area contributed by atoms with Crippen LogP contribution in [0.15, 0.2) is 54.7 Å². The maximum Gasteiger partial charge on any atom is 0.129 e. The Morgan fingerprint density at radius 3 is 2.67 bits per heavy atom. The van der Waals surface area contributed by atoms with E-state index in [1.165, 1.54) is 6.07 Å². The number of nitrogens with one attached hydrogen (secondary N) is 1. The highest BCUT2D eigenvalue weighted by molar-refractivity contribution is 6.31. The molecule has 0 aliphatic rings. The Balaban J connectivity index is 2.24. The molecule has 106 valence electrons. The van der Waals surface area contributed by atoms with Gasteiger partial charge in [0.2, 0.25) is 0 Å². The van der Waals surface area contributed by atoms with Crippen LogP contribution in [0.5, 0.6) is 0 Å². The van der Waals surface area contributed by atoms with Gasteiger partial charge in [0.15, 0.2) is 0 Å². The molecule has 1 N–H and O–H groups in total. The van der Waals surface area contributed by atoms with Crippen molar-refractivity contribution >= 4 is 22.5 Å². The predicted molar refractivity (Wildman–Crippen MR) is 84.1 cm³/mol. The van der Waals surface area contributed by atoms with Crippen LogP contribution in [0, 0.1) is 5.82 Å². The van der Waals surface area contributed by atoms with E-state index in [0.717, 1.165) is 16.5 Å². The van der Waals surface area contributed by atoms with E-state index in [2.05, 4.69) is 10.3 Å². The highest BCUT2D eigenvalue weighted by atomic mass is 35.5. The summed E-state index contributed by atoms with van der Waals surface area (Å²) in [6.07, 6.45) is 1.75. The van der Waals surface area contributed by atoms with Crippen molar-refractivity contribution in [3.63, 3.8) is 0 Å². The third-order valence-corrected chi connectivity index (χ3v) is 3.90. The van der Waals surface area contributed by atoms with Crippen LogP contribution in [0.1, 0.15) is 17.2 Å². The molecule has 0 saturated heterocycles. The van der Waals surface area contributed by atoms with Crippen molar-refractivity contribution in [2.45, 2.75) is 6.04 Å². The summed E-state index contributed by atoms with van der Waals surface area (Å²) >= 11 is 6.21.